The minimum Gasteiger partial charge on any atom is -0.494 e. The van der Waals surface area contributed by atoms with Crippen molar-refractivity contribution in [3.05, 3.63) is 48.3 Å². The Labute approximate surface area is 227 Å². The van der Waals surface area contributed by atoms with E-state index in [2.05, 4.69) is 41.3 Å². The van der Waals surface area contributed by atoms with Crippen molar-refractivity contribution in [3.8, 4) is 10.9 Å². The molecule has 2 aromatic heterocycles. The van der Waals surface area contributed by atoms with E-state index in [1.807, 2.05) is 43.5 Å². The third-order valence-electron chi connectivity index (χ3n) is 7.05. The fraction of sp³-hybridized carbons (Fsp3) is 0.519. The summed E-state index contributed by atoms with van der Waals surface area (Å²) in [4.78, 5) is 17.3. The van der Waals surface area contributed by atoms with Crippen LogP contribution in [-0.2, 0) is 16.1 Å². The Morgan fingerprint density at radius 1 is 1.08 bits per heavy atom. The van der Waals surface area contributed by atoms with Crippen molar-refractivity contribution < 1.29 is 14.3 Å². The quantitative estimate of drug-likeness (QED) is 0.384. The number of hydrogen-bond acceptors (Lipinski definition) is 9. The summed E-state index contributed by atoms with van der Waals surface area (Å²) in [5.41, 5.74) is 2.14. The number of carbonyl (C=O) groups excluding carboxylic acids is 1. The van der Waals surface area contributed by atoms with Crippen LogP contribution in [0.25, 0.3) is 5.13 Å². The summed E-state index contributed by atoms with van der Waals surface area (Å²) in [6.45, 7) is 9.98. The molecule has 4 heterocycles. The number of morpholine rings is 1. The minimum atomic E-state index is 0.0630. The average molecular weight is 540 g/mol. The molecule has 1 amide bonds. The number of rotatable bonds is 11. The van der Waals surface area contributed by atoms with Gasteiger partial charge in [0.2, 0.25) is 16.2 Å². The zero-order valence-electron chi connectivity index (χ0n) is 22.0. The highest BCUT2D eigenvalue weighted by molar-refractivity contribution is 7.17. The van der Waals surface area contributed by atoms with Gasteiger partial charge in [-0.25, -0.2) is 0 Å². The molecule has 11 heteroatoms. The van der Waals surface area contributed by atoms with Crippen molar-refractivity contribution in [1.82, 2.24) is 25.0 Å². The van der Waals surface area contributed by atoms with E-state index >= 15 is 0 Å². The van der Waals surface area contributed by atoms with E-state index in [-0.39, 0.29) is 11.8 Å². The van der Waals surface area contributed by atoms with E-state index in [0.717, 1.165) is 86.2 Å². The van der Waals surface area contributed by atoms with Crippen LogP contribution in [0.15, 0.2) is 42.6 Å². The van der Waals surface area contributed by atoms with Crippen molar-refractivity contribution in [3.63, 3.8) is 0 Å². The Hall–Kier alpha value is -3.15. The van der Waals surface area contributed by atoms with Crippen LogP contribution in [0.3, 0.4) is 0 Å². The molecule has 5 rings (SSSR count). The van der Waals surface area contributed by atoms with Crippen LogP contribution in [0.4, 0.5) is 10.8 Å². The van der Waals surface area contributed by atoms with Gasteiger partial charge in [0.15, 0.2) is 0 Å². The zero-order chi connectivity index (χ0) is 26.2. The molecule has 204 valence electrons. The highest BCUT2D eigenvalue weighted by atomic mass is 32.1. The lowest BCUT2D eigenvalue weighted by molar-refractivity contribution is -0.125. The van der Waals surface area contributed by atoms with Gasteiger partial charge >= 0.3 is 0 Å². The van der Waals surface area contributed by atoms with Crippen molar-refractivity contribution >= 4 is 28.1 Å². The van der Waals surface area contributed by atoms with Gasteiger partial charge in [-0.05, 0) is 56.2 Å². The van der Waals surface area contributed by atoms with Gasteiger partial charge in [-0.15, -0.1) is 10.2 Å². The molecule has 0 spiro atoms. The van der Waals surface area contributed by atoms with Gasteiger partial charge < -0.3 is 25.0 Å². The number of hydrogen-bond donors (Lipinski definition) is 2. The molecular weight excluding hydrogens is 502 g/mol. The summed E-state index contributed by atoms with van der Waals surface area (Å²) in [5.74, 6) is 1.11. The number of anilines is 2. The van der Waals surface area contributed by atoms with Crippen molar-refractivity contribution in [2.75, 3.05) is 69.3 Å². The number of aromatic nitrogens is 3. The van der Waals surface area contributed by atoms with E-state index in [1.54, 1.807) is 11.3 Å². The summed E-state index contributed by atoms with van der Waals surface area (Å²) < 4.78 is 13.0. The van der Waals surface area contributed by atoms with Crippen LogP contribution < -0.4 is 20.3 Å². The minimum absolute atomic E-state index is 0.0630. The highest BCUT2D eigenvalue weighted by Crippen LogP contribution is 2.29. The largest absolute Gasteiger partial charge is 0.494 e. The first-order chi connectivity index (χ1) is 18.7. The standard InChI is InChI=1S/C27H37N7O3S/c1-2-37-24-7-5-22(6-8-24)29-20-23-4-3-12-34(23)27-31-30-26(38-27)33-13-9-21(10-14-33)25(35)28-11-15-32-16-18-36-19-17-32/h3-8,12,21,29H,2,9-11,13-20H2,1H3,(H,28,35). The smallest absolute Gasteiger partial charge is 0.223 e. The second-order valence-corrected chi connectivity index (χ2v) is 10.5. The summed E-state index contributed by atoms with van der Waals surface area (Å²) in [7, 11) is 0. The van der Waals surface area contributed by atoms with Gasteiger partial charge in [-0.3, -0.25) is 14.3 Å². The molecule has 0 bridgehead atoms. The Bertz CT molecular complexity index is 1150. The number of ether oxygens (including phenoxy) is 2. The monoisotopic (exact) mass is 539 g/mol. The number of carbonyl (C=O) groups is 1. The van der Waals surface area contributed by atoms with Crippen molar-refractivity contribution in [2.45, 2.75) is 26.3 Å². The SMILES string of the molecule is CCOc1ccc(NCc2cccn2-c2nnc(N3CCC(C(=O)NCCN4CCOCC4)CC3)s2)cc1. The molecule has 2 N–H and O–H groups in total. The zero-order valence-corrected chi connectivity index (χ0v) is 22.8. The molecule has 10 nitrogen and oxygen atoms in total. The predicted molar refractivity (Wildman–Crippen MR) is 149 cm³/mol. The third-order valence-corrected chi connectivity index (χ3v) is 8.03. The molecule has 2 aliphatic rings. The molecule has 1 aromatic carbocycles. The van der Waals surface area contributed by atoms with Crippen LogP contribution in [0.2, 0.25) is 0 Å². The molecule has 2 aliphatic heterocycles. The maximum absolute atomic E-state index is 12.7. The van der Waals surface area contributed by atoms with Crippen molar-refractivity contribution in [1.29, 1.82) is 0 Å². The molecular formula is C27H37N7O3S. The topological polar surface area (TPSA) is 96.8 Å². The van der Waals surface area contributed by atoms with Crippen LogP contribution in [0, 0.1) is 5.92 Å². The Kier molecular flexibility index (Phi) is 9.11. The molecule has 3 aromatic rings. The van der Waals surface area contributed by atoms with Crippen LogP contribution >= 0.6 is 11.3 Å². The molecule has 0 aliphatic carbocycles. The van der Waals surface area contributed by atoms with Gasteiger partial charge in [-0.1, -0.05) is 11.3 Å². The fourth-order valence-corrected chi connectivity index (χ4v) is 5.76. The summed E-state index contributed by atoms with van der Waals surface area (Å²) in [5, 5.41) is 17.3. The maximum atomic E-state index is 12.7. The molecule has 2 saturated heterocycles. The Balaban J connectivity index is 1.09. The normalized spacial score (nSPS) is 16.9. The molecule has 0 radical (unpaired) electrons. The van der Waals surface area contributed by atoms with Crippen LogP contribution in [0.1, 0.15) is 25.5 Å². The molecule has 38 heavy (non-hydrogen) atoms. The predicted octanol–water partition coefficient (Wildman–Crippen LogP) is 3.00. The second-order valence-electron chi connectivity index (χ2n) is 9.55. The van der Waals surface area contributed by atoms with Crippen molar-refractivity contribution in [2.24, 2.45) is 5.92 Å². The number of nitrogens with zero attached hydrogens (tertiary/aromatic N) is 5. The first-order valence-corrected chi connectivity index (χ1v) is 14.3. The molecule has 0 unspecified atom stereocenters. The third kappa shape index (κ3) is 6.83. The number of nitrogens with one attached hydrogen (secondary N) is 2. The number of piperidine rings is 1. The molecule has 0 saturated carbocycles. The summed E-state index contributed by atoms with van der Waals surface area (Å²) in [6.07, 6.45) is 3.69. The first-order valence-electron chi connectivity index (χ1n) is 13.5. The number of benzene rings is 1. The van der Waals surface area contributed by atoms with E-state index in [0.29, 0.717) is 19.7 Å². The first kappa shape index (κ1) is 26.5. The number of amides is 1. The lowest BCUT2D eigenvalue weighted by atomic mass is 9.96. The van der Waals surface area contributed by atoms with Crippen LogP contribution in [-0.4, -0.2) is 84.7 Å². The van der Waals surface area contributed by atoms with Gasteiger partial charge in [0.1, 0.15) is 5.75 Å². The average Bonchev–Trinajstić information content (AvgIpc) is 3.63. The summed E-state index contributed by atoms with van der Waals surface area (Å²) >= 11 is 1.59. The van der Waals surface area contributed by atoms with E-state index in [9.17, 15) is 4.79 Å². The highest BCUT2D eigenvalue weighted by Gasteiger charge is 2.27. The Morgan fingerprint density at radius 3 is 2.61 bits per heavy atom. The van der Waals surface area contributed by atoms with Gasteiger partial charge in [0.25, 0.3) is 0 Å². The molecule has 2 fully saturated rings. The van der Waals surface area contributed by atoms with Gasteiger partial charge in [0.05, 0.1) is 26.4 Å². The lowest BCUT2D eigenvalue weighted by Gasteiger charge is -2.31. The molecule has 0 atom stereocenters. The summed E-state index contributed by atoms with van der Waals surface area (Å²) in [6, 6.07) is 12.1. The fourth-order valence-electron chi connectivity index (χ4n) is 4.85. The van der Waals surface area contributed by atoms with Gasteiger partial charge in [-0.2, -0.15) is 0 Å². The van der Waals surface area contributed by atoms with E-state index < -0.39 is 0 Å². The maximum Gasteiger partial charge on any atom is 0.223 e. The van der Waals surface area contributed by atoms with E-state index in [4.69, 9.17) is 9.47 Å². The Morgan fingerprint density at radius 2 is 1.84 bits per heavy atom. The van der Waals surface area contributed by atoms with E-state index in [1.165, 1.54) is 0 Å². The second kappa shape index (κ2) is 13.1. The lowest BCUT2D eigenvalue weighted by Crippen LogP contribution is -2.44. The van der Waals surface area contributed by atoms with Gasteiger partial charge in [0, 0.05) is 62.8 Å². The van der Waals surface area contributed by atoms with Crippen LogP contribution in [0.5, 0.6) is 5.75 Å².